The van der Waals surface area contributed by atoms with E-state index in [1.54, 1.807) is 24.1 Å². The number of nitrogens with zero attached hydrogens (tertiary/aromatic N) is 2. The van der Waals surface area contributed by atoms with E-state index >= 15 is 0 Å². The van der Waals surface area contributed by atoms with E-state index in [1.165, 1.54) is 4.90 Å². The molecule has 22 heavy (non-hydrogen) atoms. The zero-order valence-electron chi connectivity index (χ0n) is 12.5. The van der Waals surface area contributed by atoms with Crippen LogP contribution in [0.15, 0.2) is 21.2 Å². The van der Waals surface area contributed by atoms with Crippen molar-refractivity contribution in [3.05, 3.63) is 22.6 Å². The van der Waals surface area contributed by atoms with E-state index in [1.807, 2.05) is 0 Å². The molecule has 0 radical (unpaired) electrons. The zero-order valence-corrected chi connectivity index (χ0v) is 14.9. The number of hydrogen-bond acceptors (Lipinski definition) is 4. The Morgan fingerprint density at radius 3 is 2.55 bits per heavy atom. The maximum absolute atomic E-state index is 12.2. The number of likely N-dealkylation sites (N-methyl/N-ethyl adjacent to an activating group) is 1. The number of furan rings is 1. The van der Waals surface area contributed by atoms with Crippen molar-refractivity contribution in [2.75, 3.05) is 33.2 Å². The molecular weight excluding hydrogens is 374 g/mol. The van der Waals surface area contributed by atoms with Gasteiger partial charge in [0.1, 0.15) is 0 Å². The second-order valence-electron chi connectivity index (χ2n) is 5.32. The monoisotopic (exact) mass is 393 g/mol. The van der Waals surface area contributed by atoms with Gasteiger partial charge in [0.25, 0.3) is 5.91 Å². The van der Waals surface area contributed by atoms with Gasteiger partial charge in [0.15, 0.2) is 10.4 Å². The molecule has 124 valence electrons. The number of likely N-dealkylation sites (tertiary alicyclic amines) is 1. The number of amides is 2. The summed E-state index contributed by atoms with van der Waals surface area (Å²) in [5, 5.41) is 0. The predicted octanol–water partition coefficient (Wildman–Crippen LogP) is 1.73. The lowest BCUT2D eigenvalue weighted by atomic mass is 9.97. The van der Waals surface area contributed by atoms with Crippen LogP contribution in [0.5, 0.6) is 0 Å². The van der Waals surface area contributed by atoms with E-state index in [0.29, 0.717) is 17.1 Å². The molecule has 0 unspecified atom stereocenters. The summed E-state index contributed by atoms with van der Waals surface area (Å²) < 4.78 is 5.70. The maximum atomic E-state index is 12.2. The van der Waals surface area contributed by atoms with Crippen LogP contribution in [0.3, 0.4) is 0 Å². The average molecular weight is 395 g/mol. The predicted molar refractivity (Wildman–Crippen MR) is 89.0 cm³/mol. The minimum absolute atomic E-state index is 0. The zero-order chi connectivity index (χ0) is 15.4. The van der Waals surface area contributed by atoms with Crippen molar-refractivity contribution in [1.82, 2.24) is 9.80 Å². The van der Waals surface area contributed by atoms with E-state index in [4.69, 9.17) is 10.2 Å². The molecular formula is C14H21BrClN3O3. The van der Waals surface area contributed by atoms with Crippen molar-refractivity contribution in [2.24, 2.45) is 11.7 Å². The summed E-state index contributed by atoms with van der Waals surface area (Å²) in [6.45, 7) is 2.17. The van der Waals surface area contributed by atoms with Crippen LogP contribution in [0.1, 0.15) is 23.4 Å². The SMILES string of the molecule is CN(CC(=O)N1CCC(CN)CC1)C(=O)c1ccc(Br)o1.Cl. The second-order valence-corrected chi connectivity index (χ2v) is 6.11. The molecule has 6 nitrogen and oxygen atoms in total. The standard InChI is InChI=1S/C14H20BrN3O3.ClH/c1-17(14(20)11-2-3-12(15)21-11)9-13(19)18-6-4-10(8-16)5-7-18;/h2-3,10H,4-9,16H2,1H3;1H. The van der Waals surface area contributed by atoms with Crippen molar-refractivity contribution < 1.29 is 14.0 Å². The van der Waals surface area contributed by atoms with Crippen LogP contribution in [0.4, 0.5) is 0 Å². The number of halogens is 2. The molecule has 1 aliphatic rings. The lowest BCUT2D eigenvalue weighted by Crippen LogP contribution is -2.45. The highest BCUT2D eigenvalue weighted by atomic mass is 79.9. The van der Waals surface area contributed by atoms with E-state index in [2.05, 4.69) is 15.9 Å². The van der Waals surface area contributed by atoms with Crippen LogP contribution in [0.2, 0.25) is 0 Å². The molecule has 2 heterocycles. The molecule has 1 aromatic rings. The van der Waals surface area contributed by atoms with Gasteiger partial charge in [-0.15, -0.1) is 12.4 Å². The van der Waals surface area contributed by atoms with Crippen LogP contribution in [-0.4, -0.2) is 54.8 Å². The molecule has 2 amide bonds. The van der Waals surface area contributed by atoms with Crippen molar-refractivity contribution in [3.63, 3.8) is 0 Å². The van der Waals surface area contributed by atoms with Gasteiger partial charge in [-0.2, -0.15) is 0 Å². The third kappa shape index (κ3) is 4.72. The van der Waals surface area contributed by atoms with E-state index in [-0.39, 0.29) is 36.5 Å². The van der Waals surface area contributed by atoms with Gasteiger partial charge in [-0.05, 0) is 53.4 Å². The number of nitrogens with two attached hydrogens (primary N) is 1. The Morgan fingerprint density at radius 1 is 1.41 bits per heavy atom. The summed E-state index contributed by atoms with van der Waals surface area (Å²) in [7, 11) is 1.60. The highest BCUT2D eigenvalue weighted by molar-refractivity contribution is 9.10. The lowest BCUT2D eigenvalue weighted by molar-refractivity contribution is -0.133. The minimum atomic E-state index is -0.300. The van der Waals surface area contributed by atoms with Crippen LogP contribution in [0.25, 0.3) is 0 Å². The fraction of sp³-hybridized carbons (Fsp3) is 0.571. The Labute approximate surface area is 144 Å². The van der Waals surface area contributed by atoms with Crippen molar-refractivity contribution in [2.45, 2.75) is 12.8 Å². The van der Waals surface area contributed by atoms with E-state index in [9.17, 15) is 9.59 Å². The van der Waals surface area contributed by atoms with Gasteiger partial charge in [-0.25, -0.2) is 0 Å². The number of rotatable bonds is 4. The Bertz CT molecular complexity index is 515. The molecule has 2 rings (SSSR count). The van der Waals surface area contributed by atoms with E-state index in [0.717, 1.165) is 25.9 Å². The van der Waals surface area contributed by atoms with Crippen LogP contribution in [-0.2, 0) is 4.79 Å². The molecule has 1 aliphatic heterocycles. The molecule has 0 atom stereocenters. The maximum Gasteiger partial charge on any atom is 0.289 e. The Hall–Kier alpha value is -1.05. The molecule has 1 aromatic heterocycles. The van der Waals surface area contributed by atoms with Gasteiger partial charge in [0, 0.05) is 20.1 Å². The molecule has 0 spiro atoms. The Kier molecular flexibility index (Phi) is 7.38. The first kappa shape index (κ1) is 19.0. The molecule has 1 fully saturated rings. The van der Waals surface area contributed by atoms with Gasteiger partial charge in [0.05, 0.1) is 6.54 Å². The van der Waals surface area contributed by atoms with Crippen LogP contribution >= 0.6 is 28.3 Å². The summed E-state index contributed by atoms with van der Waals surface area (Å²) in [6.07, 6.45) is 1.87. The molecule has 0 bridgehead atoms. The molecule has 0 saturated carbocycles. The van der Waals surface area contributed by atoms with Crippen LogP contribution < -0.4 is 5.73 Å². The summed E-state index contributed by atoms with van der Waals surface area (Å²) in [5.41, 5.74) is 5.64. The van der Waals surface area contributed by atoms with Gasteiger partial charge >= 0.3 is 0 Å². The fourth-order valence-corrected chi connectivity index (χ4v) is 2.72. The van der Waals surface area contributed by atoms with Crippen molar-refractivity contribution >= 4 is 40.2 Å². The Balaban J connectivity index is 0.00000242. The Morgan fingerprint density at radius 2 is 2.05 bits per heavy atom. The lowest BCUT2D eigenvalue weighted by Gasteiger charge is -2.32. The molecule has 0 aliphatic carbocycles. The van der Waals surface area contributed by atoms with Crippen molar-refractivity contribution in [3.8, 4) is 0 Å². The first-order chi connectivity index (χ1) is 10.0. The summed E-state index contributed by atoms with van der Waals surface area (Å²) in [4.78, 5) is 27.5. The van der Waals surface area contributed by atoms with E-state index < -0.39 is 0 Å². The second kappa shape index (κ2) is 8.55. The quantitative estimate of drug-likeness (QED) is 0.843. The van der Waals surface area contributed by atoms with Crippen LogP contribution in [0, 0.1) is 5.92 Å². The fourth-order valence-electron chi connectivity index (χ4n) is 2.41. The number of hydrogen-bond donors (Lipinski definition) is 1. The van der Waals surface area contributed by atoms with Gasteiger partial charge < -0.3 is 20.0 Å². The minimum Gasteiger partial charge on any atom is -0.444 e. The molecule has 2 N–H and O–H groups in total. The number of carbonyl (C=O) groups excluding carboxylic acids is 2. The van der Waals surface area contributed by atoms with Gasteiger partial charge in [-0.1, -0.05) is 0 Å². The molecule has 0 aromatic carbocycles. The first-order valence-corrected chi connectivity index (χ1v) is 7.79. The van der Waals surface area contributed by atoms with Crippen molar-refractivity contribution in [1.29, 1.82) is 0 Å². The first-order valence-electron chi connectivity index (χ1n) is 7.00. The highest BCUT2D eigenvalue weighted by Crippen LogP contribution is 2.17. The number of carbonyl (C=O) groups is 2. The summed E-state index contributed by atoms with van der Waals surface area (Å²) >= 11 is 3.15. The largest absolute Gasteiger partial charge is 0.444 e. The highest BCUT2D eigenvalue weighted by Gasteiger charge is 2.24. The smallest absolute Gasteiger partial charge is 0.289 e. The average Bonchev–Trinajstić information content (AvgIpc) is 2.93. The third-order valence-electron chi connectivity index (χ3n) is 3.80. The normalized spacial score (nSPS) is 15.3. The number of piperidine rings is 1. The van der Waals surface area contributed by atoms with Gasteiger partial charge in [0.2, 0.25) is 5.91 Å². The van der Waals surface area contributed by atoms with Gasteiger partial charge in [-0.3, -0.25) is 9.59 Å². The summed E-state index contributed by atoms with van der Waals surface area (Å²) in [5.74, 6) is 0.394. The molecule has 1 saturated heterocycles. The molecule has 8 heteroatoms. The third-order valence-corrected chi connectivity index (χ3v) is 4.23. The topological polar surface area (TPSA) is 79.8 Å². The summed E-state index contributed by atoms with van der Waals surface area (Å²) in [6, 6.07) is 3.24.